The highest BCUT2D eigenvalue weighted by Crippen LogP contribution is 2.25. The summed E-state index contributed by atoms with van der Waals surface area (Å²) in [6.45, 7) is 9.61. The van der Waals surface area contributed by atoms with Crippen LogP contribution >= 0.6 is 35.6 Å². The number of hydrogen-bond donors (Lipinski definition) is 1. The van der Waals surface area contributed by atoms with Crippen LogP contribution in [0.5, 0.6) is 0 Å². The fraction of sp³-hybridized carbons (Fsp3) is 0.474. The molecule has 1 aliphatic heterocycles. The zero-order valence-corrected chi connectivity index (χ0v) is 19.2. The first kappa shape index (κ1) is 21.8. The standard InChI is InChI=1S/C19H27ClN6.HI/c1-15-13-23-26(14-15)7-6-22-19(21-3)25-10-8-24(9-11-25)18-12-17(20)5-4-16(18)2;/h4-5,12-14H,6-11H2,1-3H3,(H,21,22);1H. The van der Waals surface area contributed by atoms with Crippen molar-refractivity contribution in [1.82, 2.24) is 20.0 Å². The fourth-order valence-corrected chi connectivity index (χ4v) is 3.45. The lowest BCUT2D eigenvalue weighted by atomic mass is 10.1. The molecular formula is C19H28ClIN6. The number of aliphatic imine (C=N–C) groups is 1. The van der Waals surface area contributed by atoms with Crippen LogP contribution in [0.1, 0.15) is 11.1 Å². The summed E-state index contributed by atoms with van der Waals surface area (Å²) < 4.78 is 1.95. The second-order valence-electron chi connectivity index (χ2n) is 6.66. The number of guanidine groups is 1. The summed E-state index contributed by atoms with van der Waals surface area (Å²) in [7, 11) is 1.84. The second-order valence-corrected chi connectivity index (χ2v) is 7.10. The monoisotopic (exact) mass is 502 g/mol. The number of aryl methyl sites for hydroxylation is 2. The summed E-state index contributed by atoms with van der Waals surface area (Å²) in [6, 6.07) is 6.09. The minimum absolute atomic E-state index is 0. The van der Waals surface area contributed by atoms with Gasteiger partial charge in [-0.3, -0.25) is 9.67 Å². The van der Waals surface area contributed by atoms with E-state index in [1.807, 2.05) is 24.0 Å². The van der Waals surface area contributed by atoms with E-state index in [4.69, 9.17) is 11.6 Å². The number of piperazine rings is 1. The number of rotatable bonds is 4. The van der Waals surface area contributed by atoms with Gasteiger partial charge < -0.3 is 15.1 Å². The molecule has 27 heavy (non-hydrogen) atoms. The Kier molecular flexibility index (Phi) is 8.22. The SMILES string of the molecule is CN=C(NCCn1cc(C)cn1)N1CCN(c2cc(Cl)ccc2C)CC1.I. The number of benzene rings is 1. The number of aromatic nitrogens is 2. The molecule has 148 valence electrons. The Hall–Kier alpha value is -1.48. The van der Waals surface area contributed by atoms with E-state index >= 15 is 0 Å². The Morgan fingerprint density at radius 1 is 1.22 bits per heavy atom. The van der Waals surface area contributed by atoms with Crippen LogP contribution in [0.2, 0.25) is 5.02 Å². The largest absolute Gasteiger partial charge is 0.368 e. The molecule has 0 aliphatic carbocycles. The van der Waals surface area contributed by atoms with Gasteiger partial charge in [0.25, 0.3) is 0 Å². The molecule has 1 saturated heterocycles. The first-order chi connectivity index (χ1) is 12.6. The van der Waals surface area contributed by atoms with Crippen molar-refractivity contribution in [3.8, 4) is 0 Å². The van der Waals surface area contributed by atoms with Crippen molar-refractivity contribution >= 4 is 47.2 Å². The van der Waals surface area contributed by atoms with E-state index in [0.29, 0.717) is 0 Å². The zero-order chi connectivity index (χ0) is 18.5. The number of halogens is 2. The summed E-state index contributed by atoms with van der Waals surface area (Å²) in [5.41, 5.74) is 3.68. The molecule has 0 atom stereocenters. The fourth-order valence-electron chi connectivity index (χ4n) is 3.29. The van der Waals surface area contributed by atoms with Gasteiger partial charge in [-0.1, -0.05) is 17.7 Å². The number of nitrogens with zero attached hydrogens (tertiary/aromatic N) is 5. The molecule has 0 radical (unpaired) electrons. The van der Waals surface area contributed by atoms with Crippen LogP contribution in [0.3, 0.4) is 0 Å². The molecule has 1 N–H and O–H groups in total. The highest BCUT2D eigenvalue weighted by Gasteiger charge is 2.20. The lowest BCUT2D eigenvalue weighted by molar-refractivity contribution is 0.371. The van der Waals surface area contributed by atoms with E-state index in [1.165, 1.54) is 16.8 Å². The topological polar surface area (TPSA) is 48.7 Å². The normalized spacial score (nSPS) is 14.9. The van der Waals surface area contributed by atoms with E-state index in [1.54, 1.807) is 0 Å². The molecule has 6 nitrogen and oxygen atoms in total. The Bertz CT molecular complexity index is 767. The van der Waals surface area contributed by atoms with Crippen molar-refractivity contribution in [2.75, 3.05) is 44.7 Å². The Morgan fingerprint density at radius 3 is 2.59 bits per heavy atom. The van der Waals surface area contributed by atoms with Gasteiger partial charge in [0.15, 0.2) is 5.96 Å². The van der Waals surface area contributed by atoms with Crippen molar-refractivity contribution < 1.29 is 0 Å². The number of hydrogen-bond acceptors (Lipinski definition) is 3. The van der Waals surface area contributed by atoms with Gasteiger partial charge in [0.2, 0.25) is 0 Å². The van der Waals surface area contributed by atoms with Gasteiger partial charge in [-0.15, -0.1) is 24.0 Å². The molecular weight excluding hydrogens is 475 g/mol. The predicted octanol–water partition coefficient (Wildman–Crippen LogP) is 3.17. The van der Waals surface area contributed by atoms with Crippen molar-refractivity contribution in [2.45, 2.75) is 20.4 Å². The smallest absolute Gasteiger partial charge is 0.193 e. The molecule has 0 unspecified atom stereocenters. The van der Waals surface area contributed by atoms with Gasteiger partial charge in [-0.2, -0.15) is 5.10 Å². The summed E-state index contributed by atoms with van der Waals surface area (Å²) in [6.07, 6.45) is 3.93. The maximum absolute atomic E-state index is 6.17. The van der Waals surface area contributed by atoms with E-state index in [-0.39, 0.29) is 24.0 Å². The van der Waals surface area contributed by atoms with Gasteiger partial charge in [0.05, 0.1) is 12.7 Å². The molecule has 2 heterocycles. The molecule has 0 amide bonds. The van der Waals surface area contributed by atoms with E-state index in [9.17, 15) is 0 Å². The van der Waals surface area contributed by atoms with Gasteiger partial charge in [0, 0.05) is 56.7 Å². The lowest BCUT2D eigenvalue weighted by Gasteiger charge is -2.38. The van der Waals surface area contributed by atoms with E-state index < -0.39 is 0 Å². The van der Waals surface area contributed by atoms with Crippen molar-refractivity contribution in [2.24, 2.45) is 4.99 Å². The lowest BCUT2D eigenvalue weighted by Crippen LogP contribution is -2.53. The summed E-state index contributed by atoms with van der Waals surface area (Å²) >= 11 is 6.17. The summed E-state index contributed by atoms with van der Waals surface area (Å²) in [5, 5.41) is 8.55. The molecule has 0 spiro atoms. The molecule has 8 heteroatoms. The number of nitrogens with one attached hydrogen (secondary N) is 1. The highest BCUT2D eigenvalue weighted by molar-refractivity contribution is 14.0. The predicted molar refractivity (Wildman–Crippen MR) is 124 cm³/mol. The molecule has 1 fully saturated rings. The third-order valence-corrected chi connectivity index (χ3v) is 4.92. The van der Waals surface area contributed by atoms with E-state index in [0.717, 1.165) is 50.3 Å². The molecule has 2 aromatic rings. The average molecular weight is 503 g/mol. The molecule has 0 bridgehead atoms. The van der Waals surface area contributed by atoms with Crippen molar-refractivity contribution in [3.63, 3.8) is 0 Å². The summed E-state index contributed by atoms with van der Waals surface area (Å²) in [4.78, 5) is 9.15. The maximum atomic E-state index is 6.17. The average Bonchev–Trinajstić information content (AvgIpc) is 3.06. The van der Waals surface area contributed by atoms with Crippen LogP contribution in [0.15, 0.2) is 35.6 Å². The minimum atomic E-state index is 0. The minimum Gasteiger partial charge on any atom is -0.368 e. The molecule has 1 aliphatic rings. The van der Waals surface area contributed by atoms with Gasteiger partial charge in [0.1, 0.15) is 0 Å². The maximum Gasteiger partial charge on any atom is 0.193 e. The van der Waals surface area contributed by atoms with Crippen LogP contribution in [-0.2, 0) is 6.54 Å². The Balaban J connectivity index is 0.00000261. The van der Waals surface area contributed by atoms with Crippen LogP contribution in [0.4, 0.5) is 5.69 Å². The Labute approximate surface area is 183 Å². The zero-order valence-electron chi connectivity index (χ0n) is 16.2. The van der Waals surface area contributed by atoms with Crippen LogP contribution in [0.25, 0.3) is 0 Å². The van der Waals surface area contributed by atoms with Gasteiger partial charge in [-0.25, -0.2) is 0 Å². The first-order valence-electron chi connectivity index (χ1n) is 9.02. The third-order valence-electron chi connectivity index (χ3n) is 4.69. The van der Waals surface area contributed by atoms with Crippen molar-refractivity contribution in [3.05, 3.63) is 46.7 Å². The molecule has 1 aromatic heterocycles. The van der Waals surface area contributed by atoms with E-state index in [2.05, 4.69) is 57.4 Å². The molecule has 0 saturated carbocycles. The number of anilines is 1. The van der Waals surface area contributed by atoms with Crippen LogP contribution < -0.4 is 10.2 Å². The van der Waals surface area contributed by atoms with Crippen molar-refractivity contribution in [1.29, 1.82) is 0 Å². The quantitative estimate of drug-likeness (QED) is 0.396. The molecule has 1 aromatic carbocycles. The van der Waals surface area contributed by atoms with Gasteiger partial charge >= 0.3 is 0 Å². The summed E-state index contributed by atoms with van der Waals surface area (Å²) in [5.74, 6) is 0.955. The van der Waals surface area contributed by atoms with Crippen LogP contribution in [-0.4, -0.2) is 60.4 Å². The van der Waals surface area contributed by atoms with Crippen LogP contribution in [0, 0.1) is 13.8 Å². The third kappa shape index (κ3) is 5.75. The van der Waals surface area contributed by atoms with Gasteiger partial charge in [-0.05, 0) is 37.1 Å². The Morgan fingerprint density at radius 2 is 1.96 bits per heavy atom. The second kappa shape index (κ2) is 10.2. The highest BCUT2D eigenvalue weighted by atomic mass is 127. The first-order valence-corrected chi connectivity index (χ1v) is 9.40. The molecule has 3 rings (SSSR count).